The Labute approximate surface area is 118 Å². The Morgan fingerprint density at radius 1 is 1.29 bits per heavy atom. The molecule has 2 N–H and O–H groups in total. The van der Waals surface area contributed by atoms with E-state index in [4.69, 9.17) is 14.6 Å². The van der Waals surface area contributed by atoms with E-state index in [1.165, 1.54) is 17.7 Å². The molecule has 0 amide bonds. The van der Waals surface area contributed by atoms with Gasteiger partial charge in [0.25, 0.3) is 0 Å². The zero-order valence-electron chi connectivity index (χ0n) is 11.2. The van der Waals surface area contributed by atoms with Crippen LogP contribution in [0.4, 0.5) is 5.69 Å². The van der Waals surface area contributed by atoms with Crippen molar-refractivity contribution in [2.75, 3.05) is 12.8 Å². The number of aromatic nitrogens is 1. The third kappa shape index (κ3) is 2.18. The molecule has 0 radical (unpaired) electrons. The smallest absolute Gasteiger partial charge is 0.420 e. The summed E-state index contributed by atoms with van der Waals surface area (Å²) in [6, 6.07) is 8.11. The molecule has 0 aliphatic rings. The van der Waals surface area contributed by atoms with Gasteiger partial charge in [-0.15, -0.1) is 0 Å². The highest BCUT2D eigenvalue weighted by Gasteiger charge is 2.15. The van der Waals surface area contributed by atoms with Crippen LogP contribution in [0.5, 0.6) is 0 Å². The molecule has 0 saturated carbocycles. The fourth-order valence-corrected chi connectivity index (χ4v) is 2.12. The number of nitrogens with zero attached hydrogens (tertiary/aromatic N) is 1. The lowest BCUT2D eigenvalue weighted by molar-refractivity contribution is 0.0563. The van der Waals surface area contributed by atoms with Crippen molar-refractivity contribution in [2.45, 2.75) is 6.54 Å². The van der Waals surface area contributed by atoms with Gasteiger partial charge in [0.1, 0.15) is 11.3 Å². The summed E-state index contributed by atoms with van der Waals surface area (Å²) < 4.78 is 16.4. The number of benzene rings is 1. The third-order valence-electron chi connectivity index (χ3n) is 3.08. The quantitative estimate of drug-likeness (QED) is 0.580. The fourth-order valence-electron chi connectivity index (χ4n) is 2.12. The van der Waals surface area contributed by atoms with Crippen LogP contribution in [-0.2, 0) is 11.3 Å². The van der Waals surface area contributed by atoms with Crippen LogP contribution in [0, 0.1) is 0 Å². The number of carbonyl (C=O) groups excluding carboxylic acids is 1. The molecule has 3 rings (SSSR count). The minimum Gasteiger partial charge on any atom is -0.463 e. The zero-order chi connectivity index (χ0) is 15.0. The molecule has 0 saturated heterocycles. The SMILES string of the molecule is COC(=O)c1ccc(Cn2c(=O)oc3cccc(N)c32)o1. The van der Waals surface area contributed by atoms with E-state index in [2.05, 4.69) is 4.74 Å². The molecule has 0 aliphatic carbocycles. The number of esters is 1. The van der Waals surface area contributed by atoms with Crippen LogP contribution in [0.25, 0.3) is 11.1 Å². The Kier molecular flexibility index (Phi) is 3.02. The number of ether oxygens (including phenoxy) is 1. The maximum absolute atomic E-state index is 11.9. The average Bonchev–Trinajstić information content (AvgIpc) is 3.05. The van der Waals surface area contributed by atoms with Crippen LogP contribution in [0.1, 0.15) is 16.3 Å². The molecule has 108 valence electrons. The molecule has 7 nitrogen and oxygen atoms in total. The molecule has 21 heavy (non-hydrogen) atoms. The van der Waals surface area contributed by atoms with Crippen LogP contribution < -0.4 is 11.5 Å². The number of para-hydroxylation sites is 1. The highest BCUT2D eigenvalue weighted by atomic mass is 16.5. The number of methoxy groups -OCH3 is 1. The Balaban J connectivity index is 2.02. The predicted molar refractivity (Wildman–Crippen MR) is 74.0 cm³/mol. The summed E-state index contributed by atoms with van der Waals surface area (Å²) in [5.41, 5.74) is 7.20. The molecule has 0 fully saturated rings. The molecular weight excluding hydrogens is 276 g/mol. The van der Waals surface area contributed by atoms with E-state index in [0.29, 0.717) is 22.5 Å². The van der Waals surface area contributed by atoms with Crippen LogP contribution in [0.2, 0.25) is 0 Å². The molecule has 7 heteroatoms. The number of nitrogen functional groups attached to an aromatic ring is 1. The molecule has 0 aliphatic heterocycles. The van der Waals surface area contributed by atoms with Gasteiger partial charge in [0.15, 0.2) is 5.58 Å². The minimum absolute atomic E-state index is 0.0707. The highest BCUT2D eigenvalue weighted by Crippen LogP contribution is 2.21. The number of rotatable bonds is 3. The number of fused-ring (bicyclic) bond motifs is 1. The van der Waals surface area contributed by atoms with E-state index in [9.17, 15) is 9.59 Å². The van der Waals surface area contributed by atoms with Gasteiger partial charge < -0.3 is 19.3 Å². The lowest BCUT2D eigenvalue weighted by atomic mass is 10.3. The van der Waals surface area contributed by atoms with E-state index >= 15 is 0 Å². The molecule has 0 bridgehead atoms. The van der Waals surface area contributed by atoms with E-state index in [1.54, 1.807) is 24.3 Å². The summed E-state index contributed by atoms with van der Waals surface area (Å²) in [5, 5.41) is 0. The number of nitrogens with two attached hydrogens (primary N) is 1. The number of carbonyl (C=O) groups is 1. The highest BCUT2D eigenvalue weighted by molar-refractivity contribution is 5.86. The Hall–Kier alpha value is -2.96. The van der Waals surface area contributed by atoms with Crippen molar-refractivity contribution < 1.29 is 18.4 Å². The third-order valence-corrected chi connectivity index (χ3v) is 3.08. The van der Waals surface area contributed by atoms with Gasteiger partial charge in [-0.1, -0.05) is 6.07 Å². The van der Waals surface area contributed by atoms with Crippen molar-refractivity contribution in [1.82, 2.24) is 4.57 Å². The monoisotopic (exact) mass is 288 g/mol. The molecule has 1 aromatic carbocycles. The molecule has 2 heterocycles. The van der Waals surface area contributed by atoms with Gasteiger partial charge in [-0.3, -0.25) is 4.57 Å². The van der Waals surface area contributed by atoms with E-state index < -0.39 is 11.7 Å². The largest absolute Gasteiger partial charge is 0.463 e. The van der Waals surface area contributed by atoms with Crippen LogP contribution in [0.15, 0.2) is 44.0 Å². The number of hydrogen-bond donors (Lipinski definition) is 1. The normalized spacial score (nSPS) is 10.9. The van der Waals surface area contributed by atoms with Gasteiger partial charge in [0.05, 0.1) is 19.3 Å². The van der Waals surface area contributed by atoms with Crippen LogP contribution in [-0.4, -0.2) is 17.6 Å². The van der Waals surface area contributed by atoms with Crippen LogP contribution in [0.3, 0.4) is 0 Å². The summed E-state index contributed by atoms with van der Waals surface area (Å²) in [7, 11) is 1.26. The summed E-state index contributed by atoms with van der Waals surface area (Å²) in [6.07, 6.45) is 0. The Bertz CT molecular complexity index is 871. The van der Waals surface area contributed by atoms with Gasteiger partial charge in [-0.05, 0) is 24.3 Å². The van der Waals surface area contributed by atoms with Gasteiger partial charge >= 0.3 is 11.7 Å². The second-order valence-corrected chi connectivity index (χ2v) is 4.41. The first-order valence-corrected chi connectivity index (χ1v) is 6.15. The maximum Gasteiger partial charge on any atom is 0.420 e. The Morgan fingerprint density at radius 2 is 2.10 bits per heavy atom. The van der Waals surface area contributed by atoms with Crippen molar-refractivity contribution in [3.05, 3.63) is 52.4 Å². The topological polar surface area (TPSA) is 101 Å². The van der Waals surface area contributed by atoms with E-state index in [1.807, 2.05) is 0 Å². The fraction of sp³-hybridized carbons (Fsp3) is 0.143. The minimum atomic E-state index is -0.579. The van der Waals surface area contributed by atoms with Gasteiger partial charge in [0.2, 0.25) is 5.76 Å². The first kappa shape index (κ1) is 13.0. The number of oxazole rings is 1. The lowest BCUT2D eigenvalue weighted by Crippen LogP contribution is -2.15. The maximum atomic E-state index is 11.9. The molecule has 0 unspecified atom stereocenters. The van der Waals surface area contributed by atoms with Crippen LogP contribution >= 0.6 is 0 Å². The number of furan rings is 1. The molecule has 3 aromatic rings. The van der Waals surface area contributed by atoms with E-state index in [0.717, 1.165) is 0 Å². The predicted octanol–water partition coefficient (Wildman–Crippen LogP) is 1.60. The number of anilines is 1. The van der Waals surface area contributed by atoms with Crippen molar-refractivity contribution in [1.29, 1.82) is 0 Å². The van der Waals surface area contributed by atoms with Crippen molar-refractivity contribution in [3.63, 3.8) is 0 Å². The summed E-state index contributed by atoms with van der Waals surface area (Å²) in [5.74, 6) is -0.631. The van der Waals surface area contributed by atoms with Gasteiger partial charge in [0, 0.05) is 0 Å². The summed E-state index contributed by atoms with van der Waals surface area (Å²) >= 11 is 0. The number of hydrogen-bond acceptors (Lipinski definition) is 6. The molecule has 0 atom stereocenters. The average molecular weight is 288 g/mol. The van der Waals surface area contributed by atoms with Crippen molar-refractivity contribution >= 4 is 22.8 Å². The second-order valence-electron chi connectivity index (χ2n) is 4.41. The molecule has 2 aromatic heterocycles. The van der Waals surface area contributed by atoms with Gasteiger partial charge in [-0.2, -0.15) is 0 Å². The Morgan fingerprint density at radius 3 is 2.86 bits per heavy atom. The lowest BCUT2D eigenvalue weighted by Gasteiger charge is -2.01. The standard InChI is InChI=1S/C14H12N2O5/c1-19-13(17)11-6-5-8(20-11)7-16-12-9(15)3-2-4-10(12)21-14(16)18/h2-6H,7,15H2,1H3. The second kappa shape index (κ2) is 4.86. The summed E-state index contributed by atoms with van der Waals surface area (Å²) in [6.45, 7) is 0.108. The molecular formula is C14H12N2O5. The van der Waals surface area contributed by atoms with Crippen molar-refractivity contribution in [2.24, 2.45) is 0 Å². The first-order chi connectivity index (χ1) is 10.1. The van der Waals surface area contributed by atoms with Gasteiger partial charge in [-0.25, -0.2) is 9.59 Å². The first-order valence-electron chi connectivity index (χ1n) is 6.15. The zero-order valence-corrected chi connectivity index (χ0v) is 11.2. The summed E-state index contributed by atoms with van der Waals surface area (Å²) in [4.78, 5) is 23.2. The molecule has 0 spiro atoms. The van der Waals surface area contributed by atoms with Crippen molar-refractivity contribution in [3.8, 4) is 0 Å². The van der Waals surface area contributed by atoms with E-state index in [-0.39, 0.29) is 12.3 Å².